The maximum atomic E-state index is 13.4. The monoisotopic (exact) mass is 477 g/mol. The summed E-state index contributed by atoms with van der Waals surface area (Å²) in [4.78, 5) is 51.7. The van der Waals surface area contributed by atoms with Crippen LogP contribution in [0.25, 0.3) is 6.08 Å². The Balaban J connectivity index is 3.36. The molecule has 0 saturated heterocycles. The molecular weight excluding hydrogens is 442 g/mol. The molecule has 3 amide bonds. The smallest absolute Gasteiger partial charge is 0.408 e. The van der Waals surface area contributed by atoms with Gasteiger partial charge in [0.25, 0.3) is 0 Å². The first-order chi connectivity index (χ1) is 16.0. The number of esters is 1. The van der Waals surface area contributed by atoms with Gasteiger partial charge in [0.1, 0.15) is 24.2 Å². The zero-order valence-electron chi connectivity index (χ0n) is 20.4. The number of benzene rings is 1. The van der Waals surface area contributed by atoms with E-state index in [0.29, 0.717) is 12.0 Å². The summed E-state index contributed by atoms with van der Waals surface area (Å²) in [6.45, 7) is 9.59. The number of carbonyl (C=O) groups is 4. The highest BCUT2D eigenvalue weighted by Crippen LogP contribution is 2.24. The van der Waals surface area contributed by atoms with Gasteiger partial charge in [-0.15, -0.1) is 0 Å². The molecule has 3 N–H and O–H groups in total. The lowest BCUT2D eigenvalue weighted by molar-refractivity contribution is -0.145. The summed E-state index contributed by atoms with van der Waals surface area (Å²) >= 11 is 0. The molecule has 10 heteroatoms. The number of amides is 3. The Bertz CT molecular complexity index is 880. The van der Waals surface area contributed by atoms with E-state index in [-0.39, 0.29) is 13.1 Å². The average Bonchev–Trinajstić information content (AvgIpc) is 2.79. The predicted molar refractivity (Wildman–Crippen MR) is 127 cm³/mol. The van der Waals surface area contributed by atoms with Crippen molar-refractivity contribution in [3.05, 3.63) is 42.0 Å². The van der Waals surface area contributed by atoms with Crippen LogP contribution in [-0.2, 0) is 23.9 Å². The van der Waals surface area contributed by atoms with Crippen molar-refractivity contribution >= 4 is 30.0 Å². The van der Waals surface area contributed by atoms with Gasteiger partial charge in [0.15, 0.2) is 0 Å². The number of nitrogens with one attached hydrogen (secondary N) is 2. The number of nitrogens with zero attached hydrogens (tertiary/aromatic N) is 1. The first kappa shape index (κ1) is 28.6. The van der Waals surface area contributed by atoms with Crippen molar-refractivity contribution in [1.29, 1.82) is 0 Å². The second-order valence-corrected chi connectivity index (χ2v) is 8.48. The Morgan fingerprint density at radius 3 is 2.44 bits per heavy atom. The standard InChI is InChI=1S/C24H35N3O7/c1-7-12-27(22(31)18(15-28)26-23(32)34-24(3,4)5)20(21(30)25-14-19(29)33-6)17-11-9-10-16(8-2)13-17/h8-11,13,18,20,28H,2,7,12,14-15H2,1,3-6H3,(H,25,30)(H,26,32). The van der Waals surface area contributed by atoms with Crippen molar-refractivity contribution in [2.24, 2.45) is 0 Å². The molecule has 2 atom stereocenters. The lowest BCUT2D eigenvalue weighted by Crippen LogP contribution is -2.54. The fourth-order valence-corrected chi connectivity index (χ4v) is 3.10. The molecule has 0 fully saturated rings. The molecule has 0 aromatic heterocycles. The molecule has 0 aliphatic heterocycles. The number of methoxy groups -OCH3 is 1. The van der Waals surface area contributed by atoms with Crippen LogP contribution in [0.2, 0.25) is 0 Å². The van der Waals surface area contributed by atoms with E-state index in [0.717, 1.165) is 5.56 Å². The van der Waals surface area contributed by atoms with Gasteiger partial charge in [-0.05, 0) is 44.4 Å². The quantitative estimate of drug-likeness (QED) is 0.414. The van der Waals surface area contributed by atoms with Crippen LogP contribution >= 0.6 is 0 Å². The zero-order valence-corrected chi connectivity index (χ0v) is 20.4. The van der Waals surface area contributed by atoms with E-state index in [9.17, 15) is 24.3 Å². The summed E-state index contributed by atoms with van der Waals surface area (Å²) in [7, 11) is 1.20. The van der Waals surface area contributed by atoms with Crippen molar-refractivity contribution in [2.45, 2.75) is 51.8 Å². The third-order valence-corrected chi connectivity index (χ3v) is 4.58. The predicted octanol–water partition coefficient (Wildman–Crippen LogP) is 1.78. The number of hydrogen-bond donors (Lipinski definition) is 3. The number of carbonyl (C=O) groups excluding carboxylic acids is 4. The Labute approximate surface area is 200 Å². The summed E-state index contributed by atoms with van der Waals surface area (Å²) in [5.74, 6) is -1.96. The largest absolute Gasteiger partial charge is 0.468 e. The van der Waals surface area contributed by atoms with Gasteiger partial charge in [-0.1, -0.05) is 37.8 Å². The van der Waals surface area contributed by atoms with Crippen LogP contribution in [0.5, 0.6) is 0 Å². The fraction of sp³-hybridized carbons (Fsp3) is 0.500. The lowest BCUT2D eigenvalue weighted by atomic mass is 10.00. The fourth-order valence-electron chi connectivity index (χ4n) is 3.10. The Kier molecular flexibility index (Phi) is 11.2. The molecule has 0 aliphatic rings. The number of aliphatic hydroxyl groups excluding tert-OH is 1. The summed E-state index contributed by atoms with van der Waals surface area (Å²) in [6.07, 6.45) is 1.20. The highest BCUT2D eigenvalue weighted by atomic mass is 16.6. The van der Waals surface area contributed by atoms with Gasteiger partial charge in [0, 0.05) is 6.54 Å². The van der Waals surface area contributed by atoms with Crippen LogP contribution in [0.4, 0.5) is 4.79 Å². The normalized spacial score (nSPS) is 12.6. The van der Waals surface area contributed by atoms with Gasteiger partial charge in [-0.2, -0.15) is 0 Å². The van der Waals surface area contributed by atoms with E-state index in [1.165, 1.54) is 12.0 Å². The Morgan fingerprint density at radius 2 is 1.91 bits per heavy atom. The minimum Gasteiger partial charge on any atom is -0.468 e. The lowest BCUT2D eigenvalue weighted by Gasteiger charge is -2.34. The molecule has 0 aliphatic carbocycles. The van der Waals surface area contributed by atoms with Crippen LogP contribution in [0, 0.1) is 0 Å². The molecule has 1 aromatic rings. The van der Waals surface area contributed by atoms with Crippen molar-refractivity contribution in [1.82, 2.24) is 15.5 Å². The van der Waals surface area contributed by atoms with E-state index < -0.39 is 48.2 Å². The first-order valence-electron chi connectivity index (χ1n) is 10.9. The molecule has 1 rings (SSSR count). The van der Waals surface area contributed by atoms with E-state index in [1.54, 1.807) is 51.1 Å². The Hall–Kier alpha value is -3.40. The molecule has 0 spiro atoms. The topological polar surface area (TPSA) is 134 Å². The first-order valence-corrected chi connectivity index (χ1v) is 10.9. The summed E-state index contributed by atoms with van der Waals surface area (Å²) in [5.41, 5.74) is 0.380. The van der Waals surface area contributed by atoms with Crippen LogP contribution in [-0.4, -0.2) is 72.3 Å². The number of hydrogen-bond acceptors (Lipinski definition) is 7. The summed E-state index contributed by atoms with van der Waals surface area (Å²) < 4.78 is 9.76. The van der Waals surface area contributed by atoms with Crippen LogP contribution in [0.3, 0.4) is 0 Å². The molecule has 0 saturated carbocycles. The van der Waals surface area contributed by atoms with Gasteiger partial charge < -0.3 is 30.1 Å². The highest BCUT2D eigenvalue weighted by molar-refractivity contribution is 5.93. The second-order valence-electron chi connectivity index (χ2n) is 8.48. The van der Waals surface area contributed by atoms with Gasteiger partial charge in [-0.3, -0.25) is 14.4 Å². The molecular formula is C24H35N3O7. The summed E-state index contributed by atoms with van der Waals surface area (Å²) in [6, 6.07) is 4.36. The Morgan fingerprint density at radius 1 is 1.24 bits per heavy atom. The number of alkyl carbamates (subject to hydrolysis) is 1. The minimum atomic E-state index is -1.35. The van der Waals surface area contributed by atoms with Crippen molar-refractivity contribution in [2.75, 3.05) is 26.8 Å². The maximum Gasteiger partial charge on any atom is 0.408 e. The van der Waals surface area contributed by atoms with Crippen LogP contribution in [0.15, 0.2) is 30.8 Å². The van der Waals surface area contributed by atoms with Crippen molar-refractivity contribution in [3.63, 3.8) is 0 Å². The number of ether oxygens (including phenoxy) is 2. The van der Waals surface area contributed by atoms with E-state index >= 15 is 0 Å². The average molecular weight is 478 g/mol. The molecule has 2 unspecified atom stereocenters. The molecule has 0 bridgehead atoms. The minimum absolute atomic E-state index is 0.139. The second kappa shape index (κ2) is 13.3. The van der Waals surface area contributed by atoms with Gasteiger partial charge >= 0.3 is 12.1 Å². The molecule has 0 heterocycles. The van der Waals surface area contributed by atoms with E-state index in [1.807, 2.05) is 6.92 Å². The van der Waals surface area contributed by atoms with E-state index in [4.69, 9.17) is 4.74 Å². The molecule has 10 nitrogen and oxygen atoms in total. The third-order valence-electron chi connectivity index (χ3n) is 4.58. The van der Waals surface area contributed by atoms with E-state index in [2.05, 4.69) is 21.9 Å². The van der Waals surface area contributed by atoms with Gasteiger partial charge in [0.2, 0.25) is 11.8 Å². The van der Waals surface area contributed by atoms with Gasteiger partial charge in [0.05, 0.1) is 13.7 Å². The van der Waals surface area contributed by atoms with Crippen LogP contribution < -0.4 is 10.6 Å². The molecule has 0 radical (unpaired) electrons. The zero-order chi connectivity index (χ0) is 25.9. The molecule has 1 aromatic carbocycles. The summed E-state index contributed by atoms with van der Waals surface area (Å²) in [5, 5.41) is 14.7. The number of aliphatic hydroxyl groups is 1. The van der Waals surface area contributed by atoms with Crippen LogP contribution in [0.1, 0.15) is 51.3 Å². The van der Waals surface area contributed by atoms with Crippen molar-refractivity contribution in [3.8, 4) is 0 Å². The molecule has 188 valence electrons. The highest BCUT2D eigenvalue weighted by Gasteiger charge is 2.36. The number of rotatable bonds is 11. The SMILES string of the molecule is C=Cc1cccc(C(C(=O)NCC(=O)OC)N(CCC)C(=O)C(CO)NC(=O)OC(C)(C)C)c1. The maximum absolute atomic E-state index is 13.4. The van der Waals surface area contributed by atoms with Gasteiger partial charge in [-0.25, -0.2) is 4.79 Å². The third kappa shape index (κ3) is 8.86. The van der Waals surface area contributed by atoms with Crippen molar-refractivity contribution < 1.29 is 33.8 Å². The molecule has 34 heavy (non-hydrogen) atoms.